The third-order valence-electron chi connectivity index (χ3n) is 6.08. The lowest BCUT2D eigenvalue weighted by Gasteiger charge is -2.21. The minimum atomic E-state index is -0.253. The van der Waals surface area contributed by atoms with Gasteiger partial charge in [-0.15, -0.1) is 0 Å². The quantitative estimate of drug-likeness (QED) is 0.454. The van der Waals surface area contributed by atoms with Crippen molar-refractivity contribution in [3.63, 3.8) is 0 Å². The van der Waals surface area contributed by atoms with Crippen LogP contribution in [0.25, 0.3) is 16.9 Å². The molecule has 1 aromatic carbocycles. The van der Waals surface area contributed by atoms with Gasteiger partial charge in [-0.1, -0.05) is 38.4 Å². The third-order valence-corrected chi connectivity index (χ3v) is 6.39. The molecule has 2 N–H and O–H groups in total. The fourth-order valence-electron chi connectivity index (χ4n) is 4.37. The molecule has 4 aromatic rings. The van der Waals surface area contributed by atoms with Crippen LogP contribution in [0.15, 0.2) is 41.3 Å². The van der Waals surface area contributed by atoms with Crippen LogP contribution in [0.5, 0.6) is 0 Å². The van der Waals surface area contributed by atoms with Crippen LogP contribution in [-0.4, -0.2) is 30.9 Å². The van der Waals surface area contributed by atoms with Gasteiger partial charge in [-0.3, -0.25) is 4.79 Å². The van der Waals surface area contributed by atoms with Crippen molar-refractivity contribution in [3.8, 4) is 5.82 Å². The van der Waals surface area contributed by atoms with Gasteiger partial charge in [0, 0.05) is 30.4 Å². The van der Waals surface area contributed by atoms with Crippen LogP contribution in [0.3, 0.4) is 0 Å². The van der Waals surface area contributed by atoms with Gasteiger partial charge >= 0.3 is 0 Å². The molecule has 4 heterocycles. The van der Waals surface area contributed by atoms with Crippen molar-refractivity contribution in [2.75, 3.05) is 11.9 Å². The first kappa shape index (κ1) is 22.6. The van der Waals surface area contributed by atoms with Crippen molar-refractivity contribution in [1.29, 1.82) is 0 Å². The van der Waals surface area contributed by atoms with E-state index in [2.05, 4.69) is 48.5 Å². The fraction of sp³-hybridized carbons (Fsp3) is 0.360. The number of hydrogen-bond donors (Lipinski definition) is 2. The molecule has 176 valence electrons. The number of aromatic nitrogens is 5. The molecule has 0 spiro atoms. The molecule has 0 atom stereocenters. The Morgan fingerprint density at radius 1 is 1.15 bits per heavy atom. The molecule has 5 rings (SSSR count). The maximum absolute atomic E-state index is 13.1. The second-order valence-electron chi connectivity index (χ2n) is 9.55. The Bertz CT molecular complexity index is 1450. The lowest BCUT2D eigenvalue weighted by atomic mass is 9.91. The highest BCUT2D eigenvalue weighted by Gasteiger charge is 2.23. The van der Waals surface area contributed by atoms with Gasteiger partial charge in [-0.05, 0) is 55.3 Å². The highest BCUT2D eigenvalue weighted by molar-refractivity contribution is 6.31. The Hall–Kier alpha value is -3.23. The summed E-state index contributed by atoms with van der Waals surface area (Å²) in [5.74, 6) is 1.02. The zero-order valence-corrected chi connectivity index (χ0v) is 20.6. The molecule has 0 bridgehead atoms. The molecule has 0 amide bonds. The Labute approximate surface area is 203 Å². The molecule has 8 nitrogen and oxygen atoms in total. The number of nitrogens with one attached hydrogen (secondary N) is 2. The standard InChI is InChI=1S/C25H28ClN7O/c1-5-32-23(34)18-14-28-24(29-17-7-6-16-13-27-11-10-15(16)12-17)31-22(18)33(32)20-9-8-19(26)21(30-20)25(2,3)4/h6-9,12,14,27H,5,10-11,13H2,1-4H3,(H,28,29,31). The average Bonchev–Trinajstić information content (AvgIpc) is 3.09. The van der Waals surface area contributed by atoms with E-state index in [4.69, 9.17) is 21.6 Å². The van der Waals surface area contributed by atoms with Gasteiger partial charge in [0.15, 0.2) is 11.5 Å². The number of hydrogen-bond acceptors (Lipinski definition) is 6. The number of nitrogens with zero attached hydrogens (tertiary/aromatic N) is 5. The zero-order valence-electron chi connectivity index (χ0n) is 19.8. The van der Waals surface area contributed by atoms with Crippen molar-refractivity contribution in [2.45, 2.75) is 52.6 Å². The van der Waals surface area contributed by atoms with Gasteiger partial charge < -0.3 is 10.6 Å². The van der Waals surface area contributed by atoms with Crippen LogP contribution in [0.1, 0.15) is 44.5 Å². The molecular formula is C25H28ClN7O. The molecule has 0 unspecified atom stereocenters. The monoisotopic (exact) mass is 477 g/mol. The Kier molecular flexibility index (Phi) is 5.65. The molecule has 34 heavy (non-hydrogen) atoms. The van der Waals surface area contributed by atoms with E-state index in [9.17, 15) is 4.79 Å². The number of halogens is 1. The molecule has 0 saturated heterocycles. The summed E-state index contributed by atoms with van der Waals surface area (Å²) in [5, 5.41) is 7.73. The van der Waals surface area contributed by atoms with Crippen molar-refractivity contribution in [3.05, 3.63) is 68.7 Å². The van der Waals surface area contributed by atoms with E-state index < -0.39 is 0 Å². The maximum Gasteiger partial charge on any atom is 0.278 e. The maximum atomic E-state index is 13.1. The summed E-state index contributed by atoms with van der Waals surface area (Å²) in [6.45, 7) is 10.4. The third kappa shape index (κ3) is 3.97. The van der Waals surface area contributed by atoms with Gasteiger partial charge in [0.05, 0.1) is 10.7 Å². The van der Waals surface area contributed by atoms with Crippen molar-refractivity contribution in [2.24, 2.45) is 0 Å². The fourth-order valence-corrected chi connectivity index (χ4v) is 4.76. The van der Waals surface area contributed by atoms with Crippen LogP contribution >= 0.6 is 11.6 Å². The summed E-state index contributed by atoms with van der Waals surface area (Å²) >= 11 is 6.45. The number of anilines is 2. The van der Waals surface area contributed by atoms with E-state index in [1.54, 1.807) is 15.6 Å². The van der Waals surface area contributed by atoms with E-state index in [-0.39, 0.29) is 11.0 Å². The molecule has 0 saturated carbocycles. The minimum absolute atomic E-state index is 0.153. The SMILES string of the molecule is CCn1c(=O)c2cnc(Nc3ccc4c(c3)CCNC4)nc2n1-c1ccc(Cl)c(C(C)(C)C)n1. The average molecular weight is 478 g/mol. The summed E-state index contributed by atoms with van der Waals surface area (Å²) in [6.07, 6.45) is 2.57. The molecule has 1 aliphatic rings. The zero-order chi connectivity index (χ0) is 24.0. The van der Waals surface area contributed by atoms with Crippen LogP contribution in [0, 0.1) is 0 Å². The topological polar surface area (TPSA) is 89.7 Å². The summed E-state index contributed by atoms with van der Waals surface area (Å²) in [4.78, 5) is 27.1. The van der Waals surface area contributed by atoms with Gasteiger partial charge in [-0.2, -0.15) is 4.98 Å². The Balaban J connectivity index is 1.62. The van der Waals surface area contributed by atoms with Crippen molar-refractivity contribution >= 4 is 34.3 Å². The van der Waals surface area contributed by atoms with Gasteiger partial charge in [0.1, 0.15) is 5.39 Å². The summed E-state index contributed by atoms with van der Waals surface area (Å²) in [5.41, 5.74) is 4.41. The Morgan fingerprint density at radius 2 is 1.97 bits per heavy atom. The van der Waals surface area contributed by atoms with Crippen molar-refractivity contribution < 1.29 is 0 Å². The van der Waals surface area contributed by atoms with Crippen molar-refractivity contribution in [1.82, 2.24) is 29.6 Å². The molecule has 3 aromatic heterocycles. The molecular weight excluding hydrogens is 450 g/mol. The predicted molar refractivity (Wildman–Crippen MR) is 135 cm³/mol. The second-order valence-corrected chi connectivity index (χ2v) is 9.96. The second kappa shape index (κ2) is 8.52. The largest absolute Gasteiger partial charge is 0.324 e. The van der Waals surface area contributed by atoms with E-state index in [1.165, 1.54) is 11.1 Å². The predicted octanol–water partition coefficient (Wildman–Crippen LogP) is 4.34. The number of pyridine rings is 1. The number of fused-ring (bicyclic) bond motifs is 2. The first-order chi connectivity index (χ1) is 16.3. The molecule has 0 radical (unpaired) electrons. The van der Waals surface area contributed by atoms with E-state index in [0.717, 1.165) is 30.9 Å². The van der Waals surface area contributed by atoms with Gasteiger partial charge in [0.2, 0.25) is 5.95 Å². The first-order valence-electron chi connectivity index (χ1n) is 11.5. The molecule has 9 heteroatoms. The highest BCUT2D eigenvalue weighted by Crippen LogP contribution is 2.29. The van der Waals surface area contributed by atoms with Crippen LogP contribution in [0.2, 0.25) is 5.02 Å². The normalized spacial score (nSPS) is 13.8. The van der Waals surface area contributed by atoms with Crippen LogP contribution in [0.4, 0.5) is 11.6 Å². The Morgan fingerprint density at radius 3 is 2.74 bits per heavy atom. The minimum Gasteiger partial charge on any atom is -0.324 e. The van der Waals surface area contributed by atoms with Gasteiger partial charge in [-0.25, -0.2) is 19.3 Å². The summed E-state index contributed by atoms with van der Waals surface area (Å²) in [7, 11) is 0. The van der Waals surface area contributed by atoms with E-state index in [1.807, 2.05) is 25.1 Å². The van der Waals surface area contributed by atoms with Crippen LogP contribution < -0.4 is 16.2 Å². The van der Waals surface area contributed by atoms with E-state index in [0.29, 0.717) is 34.4 Å². The number of benzene rings is 1. The number of rotatable bonds is 4. The first-order valence-corrected chi connectivity index (χ1v) is 11.9. The summed E-state index contributed by atoms with van der Waals surface area (Å²) in [6, 6.07) is 9.93. The summed E-state index contributed by atoms with van der Waals surface area (Å²) < 4.78 is 3.38. The lowest BCUT2D eigenvalue weighted by molar-refractivity contribution is 0.545. The molecule has 0 fully saturated rings. The van der Waals surface area contributed by atoms with Gasteiger partial charge in [0.25, 0.3) is 5.56 Å². The van der Waals surface area contributed by atoms with Crippen LogP contribution in [-0.2, 0) is 24.9 Å². The van der Waals surface area contributed by atoms with E-state index >= 15 is 0 Å². The smallest absolute Gasteiger partial charge is 0.278 e. The molecule has 1 aliphatic heterocycles. The molecule has 0 aliphatic carbocycles. The lowest BCUT2D eigenvalue weighted by Crippen LogP contribution is -2.23. The highest BCUT2D eigenvalue weighted by atomic mass is 35.5.